The Labute approximate surface area is 138 Å². The van der Waals surface area contributed by atoms with E-state index >= 15 is 0 Å². The minimum absolute atomic E-state index is 0.250. The van der Waals surface area contributed by atoms with E-state index in [-0.39, 0.29) is 4.90 Å². The first-order chi connectivity index (χ1) is 9.50. The molecule has 0 saturated carbocycles. The van der Waals surface area contributed by atoms with Gasteiger partial charge in [0.1, 0.15) is 0 Å². The maximum absolute atomic E-state index is 12.7. The van der Waals surface area contributed by atoms with E-state index in [1.165, 1.54) is 3.97 Å². The first kappa shape index (κ1) is 14.0. The molecule has 102 valence electrons. The van der Waals surface area contributed by atoms with E-state index in [4.69, 9.17) is 0 Å². The SMILES string of the molecule is O=S(=O)(c1ccccc1)n1c(I)cc2cc(Br)cnc21. The lowest BCUT2D eigenvalue weighted by Gasteiger charge is -2.08. The molecule has 0 aliphatic rings. The molecule has 20 heavy (non-hydrogen) atoms. The fourth-order valence-corrected chi connectivity index (χ4v) is 5.00. The zero-order valence-corrected chi connectivity index (χ0v) is 14.6. The smallest absolute Gasteiger partial charge is 0.236 e. The van der Waals surface area contributed by atoms with Crippen LogP contribution in [-0.2, 0) is 10.0 Å². The maximum Gasteiger partial charge on any atom is 0.270 e. The van der Waals surface area contributed by atoms with Crippen molar-refractivity contribution in [2.75, 3.05) is 0 Å². The largest absolute Gasteiger partial charge is 0.270 e. The third-order valence-electron chi connectivity index (χ3n) is 2.80. The Hall–Kier alpha value is -0.930. The van der Waals surface area contributed by atoms with Gasteiger partial charge in [-0.15, -0.1) is 0 Å². The molecular weight excluding hydrogens is 455 g/mol. The molecule has 0 aliphatic heterocycles. The van der Waals surface area contributed by atoms with Gasteiger partial charge in [0.25, 0.3) is 10.0 Å². The predicted octanol–water partition coefficient (Wildman–Crippen LogP) is 3.64. The summed E-state index contributed by atoms with van der Waals surface area (Å²) in [5.41, 5.74) is 0.432. The van der Waals surface area contributed by atoms with Crippen molar-refractivity contribution in [3.63, 3.8) is 0 Å². The highest BCUT2D eigenvalue weighted by atomic mass is 127. The molecule has 0 amide bonds. The lowest BCUT2D eigenvalue weighted by atomic mass is 10.3. The molecule has 0 radical (unpaired) electrons. The summed E-state index contributed by atoms with van der Waals surface area (Å²) in [5, 5.41) is 0.781. The second kappa shape index (κ2) is 5.12. The zero-order chi connectivity index (χ0) is 14.3. The minimum Gasteiger partial charge on any atom is -0.236 e. The highest BCUT2D eigenvalue weighted by Gasteiger charge is 2.22. The van der Waals surface area contributed by atoms with Crippen LogP contribution >= 0.6 is 38.5 Å². The number of nitrogens with zero attached hydrogens (tertiary/aromatic N) is 2. The van der Waals surface area contributed by atoms with Crippen LogP contribution in [0.4, 0.5) is 0 Å². The molecule has 2 aromatic heterocycles. The molecule has 0 unspecified atom stereocenters. The van der Waals surface area contributed by atoms with Gasteiger partial charge in [-0.2, -0.15) is 0 Å². The molecule has 4 nitrogen and oxygen atoms in total. The zero-order valence-electron chi connectivity index (χ0n) is 9.99. The summed E-state index contributed by atoms with van der Waals surface area (Å²) in [4.78, 5) is 4.48. The Morgan fingerprint density at radius 2 is 1.85 bits per heavy atom. The van der Waals surface area contributed by atoms with Crippen molar-refractivity contribution in [2.45, 2.75) is 4.90 Å². The third kappa shape index (κ3) is 2.27. The van der Waals surface area contributed by atoms with E-state index < -0.39 is 10.0 Å². The highest BCUT2D eigenvalue weighted by molar-refractivity contribution is 14.1. The van der Waals surface area contributed by atoms with Crippen molar-refractivity contribution in [1.29, 1.82) is 0 Å². The molecule has 0 bridgehead atoms. The van der Waals surface area contributed by atoms with Crippen molar-refractivity contribution < 1.29 is 8.42 Å². The van der Waals surface area contributed by atoms with Crippen LogP contribution in [0.25, 0.3) is 11.0 Å². The molecule has 0 atom stereocenters. The number of rotatable bonds is 2. The van der Waals surface area contributed by atoms with Gasteiger partial charge in [-0.25, -0.2) is 17.4 Å². The van der Waals surface area contributed by atoms with Crippen LogP contribution in [0.5, 0.6) is 0 Å². The molecule has 3 aromatic rings. The Morgan fingerprint density at radius 3 is 2.55 bits per heavy atom. The van der Waals surface area contributed by atoms with Gasteiger partial charge >= 0.3 is 0 Å². The van der Waals surface area contributed by atoms with Crippen LogP contribution in [0.2, 0.25) is 0 Å². The van der Waals surface area contributed by atoms with Crippen LogP contribution in [-0.4, -0.2) is 17.4 Å². The number of halogens is 2. The molecule has 0 fully saturated rings. The van der Waals surface area contributed by atoms with Crippen molar-refractivity contribution in [2.24, 2.45) is 0 Å². The molecule has 0 N–H and O–H groups in total. The number of aromatic nitrogens is 2. The lowest BCUT2D eigenvalue weighted by molar-refractivity contribution is 0.588. The van der Waals surface area contributed by atoms with E-state index in [1.54, 1.807) is 42.6 Å². The van der Waals surface area contributed by atoms with Crippen LogP contribution in [0.1, 0.15) is 0 Å². The topological polar surface area (TPSA) is 52.0 Å². The van der Waals surface area contributed by atoms with Gasteiger partial charge < -0.3 is 0 Å². The van der Waals surface area contributed by atoms with Gasteiger partial charge in [-0.05, 0) is 62.8 Å². The monoisotopic (exact) mass is 462 g/mol. The van der Waals surface area contributed by atoms with Crippen LogP contribution in [0, 0.1) is 3.70 Å². The average molecular weight is 463 g/mol. The molecule has 2 heterocycles. The Morgan fingerprint density at radius 1 is 1.15 bits per heavy atom. The molecule has 0 spiro atoms. The normalized spacial score (nSPS) is 11.9. The summed E-state index contributed by atoms with van der Waals surface area (Å²) in [6, 6.07) is 12.0. The van der Waals surface area contributed by atoms with E-state index in [2.05, 4.69) is 20.9 Å². The predicted molar refractivity (Wildman–Crippen MR) is 89.2 cm³/mol. The fourth-order valence-electron chi connectivity index (χ4n) is 1.94. The Kier molecular flexibility index (Phi) is 3.59. The van der Waals surface area contributed by atoms with Crippen LogP contribution in [0.15, 0.2) is 58.0 Å². The van der Waals surface area contributed by atoms with Gasteiger partial charge in [-0.3, -0.25) is 0 Å². The van der Waals surface area contributed by atoms with Gasteiger partial charge in [0.05, 0.1) is 8.60 Å². The summed E-state index contributed by atoms with van der Waals surface area (Å²) in [7, 11) is -3.63. The molecule has 0 saturated heterocycles. The summed E-state index contributed by atoms with van der Waals surface area (Å²) >= 11 is 5.34. The van der Waals surface area contributed by atoms with E-state index in [9.17, 15) is 8.42 Å². The Balaban J connectivity index is 2.32. The number of hydrogen-bond donors (Lipinski definition) is 0. The second-order valence-corrected chi connectivity index (χ2v) is 7.92. The second-order valence-electron chi connectivity index (χ2n) is 4.12. The van der Waals surface area contributed by atoms with Crippen LogP contribution in [0.3, 0.4) is 0 Å². The van der Waals surface area contributed by atoms with Gasteiger partial charge in [0, 0.05) is 16.1 Å². The molecule has 1 aromatic carbocycles. The summed E-state index contributed by atoms with van der Waals surface area (Å²) in [6.07, 6.45) is 1.59. The number of pyridine rings is 1. The molecule has 7 heteroatoms. The molecule has 3 rings (SSSR count). The third-order valence-corrected chi connectivity index (χ3v) is 6.08. The first-order valence-corrected chi connectivity index (χ1v) is 8.94. The van der Waals surface area contributed by atoms with E-state index in [0.29, 0.717) is 9.35 Å². The first-order valence-electron chi connectivity index (χ1n) is 5.63. The summed E-state index contributed by atoms with van der Waals surface area (Å²) in [6.45, 7) is 0. The standard InChI is InChI=1S/C13H8BrIN2O2S/c14-10-6-9-7-12(15)17(13(9)16-8-10)20(18,19)11-4-2-1-3-5-11/h1-8H. The average Bonchev–Trinajstić information content (AvgIpc) is 2.75. The highest BCUT2D eigenvalue weighted by Crippen LogP contribution is 2.27. The Bertz CT molecular complexity index is 891. The molecule has 0 aliphatic carbocycles. The minimum atomic E-state index is -3.63. The number of hydrogen-bond acceptors (Lipinski definition) is 3. The maximum atomic E-state index is 12.7. The quantitative estimate of drug-likeness (QED) is 0.546. The van der Waals surface area contributed by atoms with Gasteiger partial charge in [0.15, 0.2) is 5.65 Å². The number of fused-ring (bicyclic) bond motifs is 1. The molecular formula is C13H8BrIN2O2S. The summed E-state index contributed by atoms with van der Waals surface area (Å²) in [5.74, 6) is 0. The van der Waals surface area contributed by atoms with Crippen molar-refractivity contribution >= 4 is 59.6 Å². The van der Waals surface area contributed by atoms with Crippen molar-refractivity contribution in [3.8, 4) is 0 Å². The van der Waals surface area contributed by atoms with E-state index in [0.717, 1.165) is 9.86 Å². The van der Waals surface area contributed by atoms with Gasteiger partial charge in [0.2, 0.25) is 0 Å². The van der Waals surface area contributed by atoms with Gasteiger partial charge in [-0.1, -0.05) is 18.2 Å². The lowest BCUT2D eigenvalue weighted by Crippen LogP contribution is -2.14. The van der Waals surface area contributed by atoms with Crippen LogP contribution < -0.4 is 0 Å². The van der Waals surface area contributed by atoms with E-state index in [1.807, 2.05) is 28.7 Å². The number of benzene rings is 1. The van der Waals surface area contributed by atoms with Crippen molar-refractivity contribution in [3.05, 3.63) is 56.8 Å². The van der Waals surface area contributed by atoms with Crippen molar-refractivity contribution in [1.82, 2.24) is 8.96 Å². The summed E-state index contributed by atoms with van der Waals surface area (Å²) < 4.78 is 28.1. The fraction of sp³-hybridized carbons (Fsp3) is 0.